The molecule has 122 valence electrons. The maximum absolute atomic E-state index is 12.1. The van der Waals surface area contributed by atoms with Crippen molar-refractivity contribution in [3.05, 3.63) is 47.4 Å². The molecule has 0 saturated carbocycles. The van der Waals surface area contributed by atoms with Gasteiger partial charge in [-0.25, -0.2) is 9.97 Å². The van der Waals surface area contributed by atoms with E-state index in [1.807, 2.05) is 38.1 Å². The Labute approximate surface area is 137 Å². The van der Waals surface area contributed by atoms with Crippen LogP contribution in [0.4, 0.5) is 11.5 Å². The number of anilines is 2. The fourth-order valence-electron chi connectivity index (χ4n) is 2.06. The summed E-state index contributed by atoms with van der Waals surface area (Å²) >= 11 is 0. The second kappa shape index (κ2) is 7.69. The van der Waals surface area contributed by atoms with E-state index in [0.29, 0.717) is 18.1 Å². The van der Waals surface area contributed by atoms with Crippen LogP contribution in [-0.4, -0.2) is 48.0 Å². The van der Waals surface area contributed by atoms with Crippen LogP contribution in [0.2, 0.25) is 0 Å². The van der Waals surface area contributed by atoms with Crippen LogP contribution < -0.4 is 10.6 Å². The third-order valence-electron chi connectivity index (χ3n) is 3.61. The number of hydrogen-bond donors (Lipinski definition) is 2. The molecule has 0 aliphatic rings. The van der Waals surface area contributed by atoms with E-state index >= 15 is 0 Å². The molecule has 0 saturated heterocycles. The average Bonchev–Trinajstić information content (AvgIpc) is 2.52. The molecule has 6 heteroatoms. The average molecular weight is 313 g/mol. The van der Waals surface area contributed by atoms with E-state index in [2.05, 4.69) is 33.6 Å². The summed E-state index contributed by atoms with van der Waals surface area (Å²) in [6.45, 7) is 5.47. The Balaban J connectivity index is 2.07. The van der Waals surface area contributed by atoms with Crippen molar-refractivity contribution >= 4 is 17.4 Å². The first-order valence-electron chi connectivity index (χ1n) is 7.55. The summed E-state index contributed by atoms with van der Waals surface area (Å²) in [6, 6.07) is 7.69. The van der Waals surface area contributed by atoms with Crippen LogP contribution in [0.3, 0.4) is 0 Å². The van der Waals surface area contributed by atoms with Crippen LogP contribution in [0.1, 0.15) is 21.6 Å². The maximum atomic E-state index is 12.1. The Morgan fingerprint density at radius 3 is 2.74 bits per heavy atom. The van der Waals surface area contributed by atoms with E-state index in [4.69, 9.17) is 0 Å². The standard InChI is InChI=1S/C17H23N5O/c1-12-6-5-7-14(13(12)2)21-16-10-15(19-11-20-16)17(23)18-8-9-22(3)4/h5-7,10-11H,8-9H2,1-4H3,(H,18,23)(H,19,20,21). The predicted octanol–water partition coefficient (Wildman–Crippen LogP) is 2.13. The highest BCUT2D eigenvalue weighted by Gasteiger charge is 2.09. The van der Waals surface area contributed by atoms with Crippen molar-refractivity contribution < 1.29 is 4.79 Å². The topological polar surface area (TPSA) is 70.2 Å². The van der Waals surface area contributed by atoms with Crippen LogP contribution in [0.25, 0.3) is 0 Å². The SMILES string of the molecule is Cc1cccc(Nc2cc(C(=O)NCCN(C)C)ncn2)c1C. The van der Waals surface area contributed by atoms with Gasteiger partial charge in [0.1, 0.15) is 17.8 Å². The smallest absolute Gasteiger partial charge is 0.270 e. The molecule has 1 amide bonds. The lowest BCUT2D eigenvalue weighted by atomic mass is 10.1. The number of amides is 1. The van der Waals surface area contributed by atoms with Crippen molar-refractivity contribution in [3.8, 4) is 0 Å². The number of aromatic nitrogens is 2. The molecule has 0 fully saturated rings. The number of carbonyl (C=O) groups is 1. The number of hydrogen-bond acceptors (Lipinski definition) is 5. The predicted molar refractivity (Wildman–Crippen MR) is 92.1 cm³/mol. The van der Waals surface area contributed by atoms with Gasteiger partial charge in [-0.2, -0.15) is 0 Å². The minimum atomic E-state index is -0.196. The van der Waals surface area contributed by atoms with Crippen molar-refractivity contribution in [1.82, 2.24) is 20.2 Å². The Morgan fingerprint density at radius 2 is 2.00 bits per heavy atom. The Kier molecular flexibility index (Phi) is 5.65. The fourth-order valence-corrected chi connectivity index (χ4v) is 2.06. The Bertz CT molecular complexity index is 684. The van der Waals surface area contributed by atoms with Crippen LogP contribution in [0.15, 0.2) is 30.6 Å². The molecule has 0 atom stereocenters. The van der Waals surface area contributed by atoms with E-state index in [0.717, 1.165) is 17.8 Å². The van der Waals surface area contributed by atoms with Crippen LogP contribution >= 0.6 is 0 Å². The molecule has 0 bridgehead atoms. The molecule has 2 N–H and O–H groups in total. The summed E-state index contributed by atoms with van der Waals surface area (Å²) in [5, 5.41) is 6.09. The minimum absolute atomic E-state index is 0.196. The van der Waals surface area contributed by atoms with E-state index in [-0.39, 0.29) is 5.91 Å². The summed E-state index contributed by atoms with van der Waals surface area (Å²) in [7, 11) is 3.92. The molecule has 0 spiro atoms. The zero-order chi connectivity index (χ0) is 16.8. The Morgan fingerprint density at radius 1 is 1.22 bits per heavy atom. The number of benzene rings is 1. The quantitative estimate of drug-likeness (QED) is 0.855. The van der Waals surface area contributed by atoms with Gasteiger partial charge < -0.3 is 15.5 Å². The van der Waals surface area contributed by atoms with Crippen LogP contribution in [0.5, 0.6) is 0 Å². The van der Waals surface area contributed by atoms with Crippen molar-refractivity contribution in [3.63, 3.8) is 0 Å². The molecule has 1 heterocycles. The molecular formula is C17H23N5O. The van der Waals surface area contributed by atoms with Gasteiger partial charge in [-0.1, -0.05) is 12.1 Å². The largest absolute Gasteiger partial charge is 0.349 e. The van der Waals surface area contributed by atoms with Crippen molar-refractivity contribution in [2.24, 2.45) is 0 Å². The lowest BCUT2D eigenvalue weighted by Crippen LogP contribution is -2.31. The number of aryl methyl sites for hydroxylation is 1. The number of likely N-dealkylation sites (N-methyl/N-ethyl adjacent to an activating group) is 1. The highest BCUT2D eigenvalue weighted by molar-refractivity contribution is 5.93. The number of rotatable bonds is 6. The van der Waals surface area contributed by atoms with E-state index in [1.165, 1.54) is 11.9 Å². The van der Waals surface area contributed by atoms with Gasteiger partial charge in [-0.3, -0.25) is 4.79 Å². The van der Waals surface area contributed by atoms with Crippen molar-refractivity contribution in [1.29, 1.82) is 0 Å². The van der Waals surface area contributed by atoms with Gasteiger partial charge >= 0.3 is 0 Å². The first kappa shape index (κ1) is 16.9. The Hall–Kier alpha value is -2.47. The number of nitrogens with one attached hydrogen (secondary N) is 2. The monoisotopic (exact) mass is 313 g/mol. The zero-order valence-electron chi connectivity index (χ0n) is 14.1. The van der Waals surface area contributed by atoms with Crippen LogP contribution in [0, 0.1) is 13.8 Å². The summed E-state index contributed by atoms with van der Waals surface area (Å²) in [5.74, 6) is 0.407. The zero-order valence-corrected chi connectivity index (χ0v) is 14.1. The second-order valence-electron chi connectivity index (χ2n) is 5.72. The molecule has 0 aliphatic carbocycles. The van der Waals surface area contributed by atoms with E-state index in [9.17, 15) is 4.79 Å². The van der Waals surface area contributed by atoms with Gasteiger partial charge in [0.2, 0.25) is 0 Å². The van der Waals surface area contributed by atoms with Gasteiger partial charge in [0.05, 0.1) is 0 Å². The van der Waals surface area contributed by atoms with Crippen molar-refractivity contribution in [2.75, 3.05) is 32.5 Å². The lowest BCUT2D eigenvalue weighted by molar-refractivity contribution is 0.0946. The molecule has 0 aliphatic heterocycles. The highest BCUT2D eigenvalue weighted by atomic mass is 16.1. The molecule has 2 rings (SSSR count). The summed E-state index contributed by atoms with van der Waals surface area (Å²) < 4.78 is 0. The van der Waals surface area contributed by atoms with E-state index < -0.39 is 0 Å². The molecule has 6 nitrogen and oxygen atoms in total. The molecule has 0 unspecified atom stereocenters. The van der Waals surface area contributed by atoms with Gasteiger partial charge in [0, 0.05) is 24.8 Å². The van der Waals surface area contributed by atoms with Gasteiger partial charge in [-0.05, 0) is 45.1 Å². The third kappa shape index (κ3) is 4.75. The third-order valence-corrected chi connectivity index (χ3v) is 3.61. The first-order chi connectivity index (χ1) is 11.0. The first-order valence-corrected chi connectivity index (χ1v) is 7.55. The second-order valence-corrected chi connectivity index (χ2v) is 5.72. The molecule has 1 aromatic carbocycles. The normalized spacial score (nSPS) is 10.7. The number of nitrogens with zero attached hydrogens (tertiary/aromatic N) is 3. The lowest BCUT2D eigenvalue weighted by Gasteiger charge is -2.12. The summed E-state index contributed by atoms with van der Waals surface area (Å²) in [4.78, 5) is 22.3. The van der Waals surface area contributed by atoms with Crippen molar-refractivity contribution in [2.45, 2.75) is 13.8 Å². The molecule has 2 aromatic rings. The number of carbonyl (C=O) groups excluding carboxylic acids is 1. The van der Waals surface area contributed by atoms with Gasteiger partial charge in [0.15, 0.2) is 0 Å². The van der Waals surface area contributed by atoms with E-state index in [1.54, 1.807) is 6.07 Å². The summed E-state index contributed by atoms with van der Waals surface area (Å²) in [6.07, 6.45) is 1.40. The van der Waals surface area contributed by atoms with Gasteiger partial charge in [0.25, 0.3) is 5.91 Å². The maximum Gasteiger partial charge on any atom is 0.270 e. The molecule has 1 aromatic heterocycles. The fraction of sp³-hybridized carbons (Fsp3) is 0.353. The molecular weight excluding hydrogens is 290 g/mol. The molecule has 23 heavy (non-hydrogen) atoms. The summed E-state index contributed by atoms with van der Waals surface area (Å²) in [5.41, 5.74) is 3.68. The highest BCUT2D eigenvalue weighted by Crippen LogP contribution is 2.21. The minimum Gasteiger partial charge on any atom is -0.349 e. The van der Waals surface area contributed by atoms with Gasteiger partial charge in [-0.15, -0.1) is 0 Å². The van der Waals surface area contributed by atoms with Crippen LogP contribution in [-0.2, 0) is 0 Å². The molecule has 0 radical (unpaired) electrons.